The van der Waals surface area contributed by atoms with Crippen molar-refractivity contribution in [3.05, 3.63) is 63.4 Å². The van der Waals surface area contributed by atoms with Gasteiger partial charge in [-0.2, -0.15) is 5.06 Å². The predicted molar refractivity (Wildman–Crippen MR) is 184 cm³/mol. The molecule has 50 heavy (non-hydrogen) atoms. The fourth-order valence-corrected chi connectivity index (χ4v) is 8.06. The highest BCUT2D eigenvalue weighted by molar-refractivity contribution is 7.89. The lowest BCUT2D eigenvalue weighted by Crippen LogP contribution is -2.60. The van der Waals surface area contributed by atoms with Gasteiger partial charge in [-0.3, -0.25) is 14.5 Å². The minimum atomic E-state index is -3.76. The van der Waals surface area contributed by atoms with Crippen molar-refractivity contribution in [1.29, 1.82) is 0 Å². The van der Waals surface area contributed by atoms with Gasteiger partial charge in [0, 0.05) is 34.0 Å². The number of para-hydroxylation sites is 1. The van der Waals surface area contributed by atoms with Crippen molar-refractivity contribution in [2.75, 3.05) is 19.4 Å². The number of nitrogens with zero attached hydrogens (tertiary/aromatic N) is 4. The van der Waals surface area contributed by atoms with Crippen LogP contribution >= 0.6 is 0 Å². The number of pyridine rings is 2. The molecule has 0 unspecified atom stereocenters. The first-order valence-corrected chi connectivity index (χ1v) is 18.5. The standard InChI is InChI=1S/C35H43N5O9S/c1-7-35(49-29(41)18-36-28(38-50(6,45)46)12-13-47-23-16-33(2,3)40(44)34(4,5)17-23)25-15-27-30-22(14-21-10-8-9-11-26(21)37-30)19-39(27)31(42)24(25)20-48-32(35)43/h8-11,14-15,23,44H,7,12-13,16-20H2,1-6H3,(H,36,38)/t35-/m0/s1. The van der Waals surface area contributed by atoms with E-state index in [-0.39, 0.29) is 54.7 Å². The molecule has 2 N–H and O–H groups in total. The molecule has 3 aliphatic heterocycles. The third-order valence-corrected chi connectivity index (χ3v) is 10.3. The Labute approximate surface area is 290 Å². The van der Waals surface area contributed by atoms with Crippen LogP contribution in [0.5, 0.6) is 0 Å². The second-order valence-corrected chi connectivity index (χ2v) is 16.2. The fourth-order valence-electron chi connectivity index (χ4n) is 7.46. The minimum Gasteiger partial charge on any atom is -0.457 e. The quantitative estimate of drug-likeness (QED) is 0.148. The number of fused-ring (bicyclic) bond motifs is 5. The van der Waals surface area contributed by atoms with Gasteiger partial charge < -0.3 is 24.0 Å². The van der Waals surface area contributed by atoms with Crippen LogP contribution in [-0.4, -0.2) is 82.6 Å². The van der Waals surface area contributed by atoms with Crippen LogP contribution in [0.25, 0.3) is 22.3 Å². The highest BCUT2D eigenvalue weighted by Gasteiger charge is 2.50. The Balaban J connectivity index is 1.23. The molecular formula is C35H43N5O9S. The van der Waals surface area contributed by atoms with E-state index in [4.69, 9.17) is 19.2 Å². The average Bonchev–Trinajstić information content (AvgIpc) is 3.39. The number of ether oxygens (including phenoxy) is 3. The van der Waals surface area contributed by atoms with Crippen LogP contribution < -0.4 is 10.3 Å². The van der Waals surface area contributed by atoms with Crippen LogP contribution in [0.4, 0.5) is 0 Å². The van der Waals surface area contributed by atoms with Gasteiger partial charge in [0.15, 0.2) is 0 Å². The number of hydroxylamine groups is 2. The van der Waals surface area contributed by atoms with Crippen molar-refractivity contribution in [3.63, 3.8) is 0 Å². The number of piperidine rings is 1. The maximum Gasteiger partial charge on any atom is 0.355 e. The first kappa shape index (κ1) is 35.6. The number of cyclic esters (lactones) is 1. The number of benzene rings is 1. The van der Waals surface area contributed by atoms with Crippen molar-refractivity contribution in [2.45, 2.75) is 96.2 Å². The molecule has 3 aliphatic rings. The zero-order valence-corrected chi connectivity index (χ0v) is 29.9. The smallest absolute Gasteiger partial charge is 0.355 e. The number of aliphatic imine (C=N–C) groups is 1. The third kappa shape index (κ3) is 6.66. The van der Waals surface area contributed by atoms with Crippen LogP contribution in [0.15, 0.2) is 46.2 Å². The summed E-state index contributed by atoms with van der Waals surface area (Å²) in [5, 5.41) is 12.9. The maximum atomic E-state index is 13.8. The second-order valence-electron chi connectivity index (χ2n) is 14.5. The van der Waals surface area contributed by atoms with Crippen molar-refractivity contribution in [3.8, 4) is 11.4 Å². The number of esters is 2. The number of carbonyl (C=O) groups excluding carboxylic acids is 2. The zero-order valence-electron chi connectivity index (χ0n) is 29.1. The van der Waals surface area contributed by atoms with Crippen LogP contribution in [0, 0.1) is 0 Å². The number of hydrogen-bond acceptors (Lipinski definition) is 12. The van der Waals surface area contributed by atoms with Gasteiger partial charge in [-0.05, 0) is 65.2 Å². The number of nitrogens with one attached hydrogen (secondary N) is 1. The molecule has 1 aromatic carbocycles. The summed E-state index contributed by atoms with van der Waals surface area (Å²) in [4.78, 5) is 49.6. The molecule has 0 amide bonds. The van der Waals surface area contributed by atoms with E-state index < -0.39 is 45.2 Å². The molecule has 15 heteroatoms. The van der Waals surface area contributed by atoms with Gasteiger partial charge in [-0.1, -0.05) is 25.1 Å². The maximum absolute atomic E-state index is 13.8. The summed E-state index contributed by atoms with van der Waals surface area (Å²) in [6.45, 7) is 8.81. The van der Waals surface area contributed by atoms with E-state index >= 15 is 0 Å². The van der Waals surface area contributed by atoms with Crippen molar-refractivity contribution in [2.24, 2.45) is 4.99 Å². The van der Waals surface area contributed by atoms with Crippen LogP contribution in [0.2, 0.25) is 0 Å². The van der Waals surface area contributed by atoms with Gasteiger partial charge in [0.05, 0.1) is 48.0 Å². The SMILES string of the molecule is CC[C@@]1(OC(=O)CN=C(CCOC2CC(C)(C)N(O)C(C)(C)C2)NS(C)(=O)=O)C(=O)OCc2c1cc1n(c2=O)Cc2cc3ccccc3nc2-1. The molecule has 1 atom stereocenters. The number of sulfonamides is 1. The Bertz CT molecular complexity index is 2060. The molecule has 0 saturated carbocycles. The molecule has 268 valence electrons. The normalized spacial score (nSPS) is 21.7. The lowest BCUT2D eigenvalue weighted by Gasteiger charge is -2.51. The van der Waals surface area contributed by atoms with Crippen LogP contribution in [0.1, 0.15) is 77.0 Å². The van der Waals surface area contributed by atoms with E-state index in [0.29, 0.717) is 30.8 Å². The highest BCUT2D eigenvalue weighted by atomic mass is 32.2. The second kappa shape index (κ2) is 12.9. The summed E-state index contributed by atoms with van der Waals surface area (Å²) >= 11 is 0. The van der Waals surface area contributed by atoms with Gasteiger partial charge in [-0.25, -0.2) is 23.0 Å². The molecule has 1 saturated heterocycles. The van der Waals surface area contributed by atoms with E-state index in [2.05, 4.69) is 9.71 Å². The van der Waals surface area contributed by atoms with Crippen LogP contribution in [-0.2, 0) is 52.6 Å². The molecule has 0 bridgehead atoms. The summed E-state index contributed by atoms with van der Waals surface area (Å²) in [6, 6.07) is 11.3. The number of amidine groups is 1. The lowest BCUT2D eigenvalue weighted by atomic mass is 9.80. The molecule has 6 rings (SSSR count). The molecule has 0 spiro atoms. The van der Waals surface area contributed by atoms with Gasteiger partial charge >= 0.3 is 11.9 Å². The Morgan fingerprint density at radius 1 is 1.14 bits per heavy atom. The van der Waals surface area contributed by atoms with Gasteiger partial charge in [0.25, 0.3) is 5.56 Å². The van der Waals surface area contributed by atoms with Gasteiger partial charge in [0.2, 0.25) is 15.6 Å². The van der Waals surface area contributed by atoms with Gasteiger partial charge in [0.1, 0.15) is 19.0 Å². The summed E-state index contributed by atoms with van der Waals surface area (Å²) in [5.41, 5.74) is -0.207. The Morgan fingerprint density at radius 3 is 2.52 bits per heavy atom. The Hall–Kier alpha value is -4.18. The number of rotatable bonds is 9. The fraction of sp³-hybridized carbons (Fsp3) is 0.514. The van der Waals surface area contributed by atoms with E-state index in [1.165, 1.54) is 5.06 Å². The van der Waals surface area contributed by atoms with Crippen molar-refractivity contribution >= 4 is 38.7 Å². The summed E-state index contributed by atoms with van der Waals surface area (Å²) in [7, 11) is -3.76. The molecule has 1 fully saturated rings. The predicted octanol–water partition coefficient (Wildman–Crippen LogP) is 3.40. The molecule has 3 aromatic rings. The van der Waals surface area contributed by atoms with E-state index in [0.717, 1.165) is 22.7 Å². The average molecular weight is 710 g/mol. The Kier molecular flexibility index (Phi) is 9.16. The highest BCUT2D eigenvalue weighted by Crippen LogP contribution is 2.41. The molecular weight excluding hydrogens is 666 g/mol. The van der Waals surface area contributed by atoms with Gasteiger partial charge in [-0.15, -0.1) is 0 Å². The number of hydrogen-bond donors (Lipinski definition) is 2. The van der Waals surface area contributed by atoms with E-state index in [9.17, 15) is 28.0 Å². The van der Waals surface area contributed by atoms with Crippen molar-refractivity contribution < 1.29 is 37.4 Å². The number of aromatic nitrogens is 2. The molecule has 5 heterocycles. The first-order valence-electron chi connectivity index (χ1n) is 16.6. The monoisotopic (exact) mass is 709 g/mol. The minimum absolute atomic E-state index is 0.0225. The molecule has 0 aliphatic carbocycles. The first-order chi connectivity index (χ1) is 23.4. The summed E-state index contributed by atoms with van der Waals surface area (Å²) < 4.78 is 45.6. The summed E-state index contributed by atoms with van der Waals surface area (Å²) in [6.07, 6.45) is 1.86. The van der Waals surface area contributed by atoms with E-state index in [1.54, 1.807) is 17.6 Å². The largest absolute Gasteiger partial charge is 0.457 e. The zero-order chi connectivity index (χ0) is 36.2. The van der Waals surface area contributed by atoms with E-state index in [1.807, 2.05) is 58.0 Å². The summed E-state index contributed by atoms with van der Waals surface area (Å²) in [5.74, 6) is -1.76. The Morgan fingerprint density at radius 2 is 1.84 bits per heavy atom. The van der Waals surface area contributed by atoms with Crippen molar-refractivity contribution in [1.82, 2.24) is 19.3 Å². The molecule has 2 aromatic heterocycles. The molecule has 14 nitrogen and oxygen atoms in total. The topological polar surface area (TPSA) is 179 Å². The lowest BCUT2D eigenvalue weighted by molar-refractivity contribution is -0.261. The third-order valence-electron chi connectivity index (χ3n) is 9.67. The molecule has 0 radical (unpaired) electrons. The van der Waals surface area contributed by atoms with Crippen LogP contribution in [0.3, 0.4) is 0 Å². The number of carbonyl (C=O) groups is 2.